The molecule has 0 bridgehead atoms. The molecule has 1 atom stereocenters. The third-order valence-electron chi connectivity index (χ3n) is 2.76. The van der Waals surface area contributed by atoms with Crippen molar-refractivity contribution < 1.29 is 13.2 Å². The fourth-order valence-electron chi connectivity index (χ4n) is 1.73. The first-order valence-corrected chi connectivity index (χ1v) is 8.59. The van der Waals surface area contributed by atoms with E-state index in [1.807, 2.05) is 18.2 Å². The van der Waals surface area contributed by atoms with Crippen molar-refractivity contribution >= 4 is 33.0 Å². The van der Waals surface area contributed by atoms with Crippen LogP contribution in [0.4, 0.5) is 0 Å². The lowest BCUT2D eigenvalue weighted by atomic mass is 10.1. The van der Waals surface area contributed by atoms with E-state index in [9.17, 15) is 8.42 Å². The summed E-state index contributed by atoms with van der Waals surface area (Å²) in [6.07, 6.45) is -0.432. The van der Waals surface area contributed by atoms with Gasteiger partial charge in [-0.1, -0.05) is 35.9 Å². The summed E-state index contributed by atoms with van der Waals surface area (Å²) in [4.78, 5) is 0. The topological polar surface area (TPSA) is 55.4 Å². The number of halogens is 1. The summed E-state index contributed by atoms with van der Waals surface area (Å²) < 4.78 is 32.2. The van der Waals surface area contributed by atoms with Crippen LogP contribution in [0.1, 0.15) is 11.7 Å². The number of ether oxygens (including phenoxy) is 1. The van der Waals surface area contributed by atoms with Crippen molar-refractivity contribution in [2.75, 3.05) is 13.7 Å². The smallest absolute Gasteiger partial charge is 0.250 e. The number of benzene rings is 1. The Morgan fingerprint density at radius 1 is 1.30 bits per heavy atom. The van der Waals surface area contributed by atoms with Crippen molar-refractivity contribution in [2.45, 2.75) is 10.3 Å². The highest BCUT2D eigenvalue weighted by atomic mass is 35.5. The fourth-order valence-corrected chi connectivity index (χ4v) is 4.06. The van der Waals surface area contributed by atoms with Crippen LogP contribution < -0.4 is 4.72 Å². The van der Waals surface area contributed by atoms with Crippen LogP contribution in [0.5, 0.6) is 0 Å². The van der Waals surface area contributed by atoms with Crippen LogP contribution in [0.2, 0.25) is 5.02 Å². The average Bonchev–Trinajstić information content (AvgIpc) is 2.96. The molecule has 0 aliphatic rings. The maximum Gasteiger partial charge on any atom is 0.250 e. The van der Waals surface area contributed by atoms with Crippen LogP contribution in [0.25, 0.3) is 0 Å². The lowest BCUT2D eigenvalue weighted by Gasteiger charge is -2.17. The quantitative estimate of drug-likeness (QED) is 0.885. The lowest BCUT2D eigenvalue weighted by Crippen LogP contribution is -2.28. The molecule has 0 saturated carbocycles. The van der Waals surface area contributed by atoms with Gasteiger partial charge in [-0.2, -0.15) is 0 Å². The minimum Gasteiger partial charge on any atom is -0.375 e. The number of methoxy groups -OCH3 is 1. The van der Waals surface area contributed by atoms with Gasteiger partial charge in [0.1, 0.15) is 4.21 Å². The van der Waals surface area contributed by atoms with Gasteiger partial charge >= 0.3 is 0 Å². The Kier molecular flexibility index (Phi) is 5.17. The van der Waals surface area contributed by atoms with Gasteiger partial charge in [0.05, 0.1) is 6.10 Å². The molecule has 0 unspecified atom stereocenters. The second kappa shape index (κ2) is 6.69. The number of thiophene rings is 1. The Labute approximate surface area is 127 Å². The third-order valence-corrected chi connectivity index (χ3v) is 5.92. The number of sulfonamides is 1. The third kappa shape index (κ3) is 3.59. The zero-order valence-corrected chi connectivity index (χ0v) is 13.1. The zero-order chi connectivity index (χ0) is 14.6. The number of hydrogen-bond acceptors (Lipinski definition) is 4. The Hall–Kier alpha value is -0.920. The van der Waals surface area contributed by atoms with Crippen molar-refractivity contribution in [3.8, 4) is 0 Å². The SMILES string of the molecule is CO[C@H](CNS(=O)(=O)c1cccs1)c1ccccc1Cl. The van der Waals surface area contributed by atoms with E-state index in [0.29, 0.717) is 5.02 Å². The van der Waals surface area contributed by atoms with E-state index >= 15 is 0 Å². The first-order chi connectivity index (χ1) is 9.54. The molecule has 0 aliphatic heterocycles. The average molecular weight is 332 g/mol. The number of hydrogen-bond donors (Lipinski definition) is 1. The second-order valence-electron chi connectivity index (χ2n) is 4.03. The van der Waals surface area contributed by atoms with Crippen molar-refractivity contribution in [2.24, 2.45) is 0 Å². The van der Waals surface area contributed by atoms with Crippen molar-refractivity contribution in [1.82, 2.24) is 4.72 Å². The predicted molar refractivity (Wildman–Crippen MR) is 80.7 cm³/mol. The first-order valence-electron chi connectivity index (χ1n) is 5.85. The molecule has 1 aromatic carbocycles. The van der Waals surface area contributed by atoms with Gasteiger partial charge in [-0.15, -0.1) is 11.3 Å². The summed E-state index contributed by atoms with van der Waals surface area (Å²) in [6.45, 7) is 0.125. The fraction of sp³-hybridized carbons (Fsp3) is 0.231. The van der Waals surface area contributed by atoms with Crippen LogP contribution >= 0.6 is 22.9 Å². The molecule has 20 heavy (non-hydrogen) atoms. The molecule has 0 spiro atoms. The second-order valence-corrected chi connectivity index (χ2v) is 7.38. The maximum atomic E-state index is 12.0. The van der Waals surface area contributed by atoms with Gasteiger partial charge < -0.3 is 4.74 Å². The molecule has 0 saturated heterocycles. The summed E-state index contributed by atoms with van der Waals surface area (Å²) in [5.41, 5.74) is 0.755. The highest BCUT2D eigenvalue weighted by Crippen LogP contribution is 2.25. The van der Waals surface area contributed by atoms with E-state index in [0.717, 1.165) is 5.56 Å². The Balaban J connectivity index is 2.11. The van der Waals surface area contributed by atoms with Gasteiger partial charge in [0.25, 0.3) is 0 Å². The van der Waals surface area contributed by atoms with Crippen molar-refractivity contribution in [3.05, 3.63) is 52.4 Å². The van der Waals surface area contributed by atoms with E-state index in [2.05, 4.69) is 4.72 Å². The monoisotopic (exact) mass is 331 g/mol. The lowest BCUT2D eigenvalue weighted by molar-refractivity contribution is 0.107. The summed E-state index contributed by atoms with van der Waals surface area (Å²) in [5, 5.41) is 2.27. The Bertz CT molecular complexity index is 656. The molecular formula is C13H14ClNO3S2. The van der Waals surface area contributed by atoms with Gasteiger partial charge in [0.2, 0.25) is 10.0 Å². The van der Waals surface area contributed by atoms with Gasteiger partial charge in [0.15, 0.2) is 0 Å². The molecule has 0 aliphatic carbocycles. The molecule has 2 aromatic rings. The molecule has 1 N–H and O–H groups in total. The molecule has 4 nitrogen and oxygen atoms in total. The largest absolute Gasteiger partial charge is 0.375 e. The van der Waals surface area contributed by atoms with Crippen LogP contribution in [0, 0.1) is 0 Å². The van der Waals surface area contributed by atoms with E-state index in [1.54, 1.807) is 23.6 Å². The molecule has 0 radical (unpaired) electrons. The highest BCUT2D eigenvalue weighted by molar-refractivity contribution is 7.91. The van der Waals surface area contributed by atoms with Gasteiger partial charge in [-0.3, -0.25) is 0 Å². The molecule has 1 aromatic heterocycles. The molecule has 108 valence electrons. The standard InChI is InChI=1S/C13H14ClNO3S2/c1-18-12(10-5-2-3-6-11(10)14)9-15-20(16,17)13-7-4-8-19-13/h2-8,12,15H,9H2,1H3/t12-/m1/s1. The summed E-state index contributed by atoms with van der Waals surface area (Å²) in [5.74, 6) is 0. The number of nitrogens with one attached hydrogen (secondary N) is 1. The van der Waals surface area contributed by atoms with Crippen LogP contribution in [0.3, 0.4) is 0 Å². The maximum absolute atomic E-state index is 12.0. The Morgan fingerprint density at radius 3 is 2.65 bits per heavy atom. The minimum atomic E-state index is -3.50. The predicted octanol–water partition coefficient (Wildman–Crippen LogP) is 3.07. The van der Waals surface area contributed by atoms with Gasteiger partial charge in [-0.05, 0) is 17.5 Å². The minimum absolute atomic E-state index is 0.125. The first kappa shape index (κ1) is 15.5. The van der Waals surface area contributed by atoms with Crippen LogP contribution in [0.15, 0.2) is 46.0 Å². The van der Waals surface area contributed by atoms with Gasteiger partial charge in [-0.25, -0.2) is 13.1 Å². The van der Waals surface area contributed by atoms with Crippen molar-refractivity contribution in [1.29, 1.82) is 0 Å². The molecule has 2 rings (SSSR count). The van der Waals surface area contributed by atoms with E-state index < -0.39 is 16.1 Å². The van der Waals surface area contributed by atoms with Crippen LogP contribution in [-0.2, 0) is 14.8 Å². The van der Waals surface area contributed by atoms with E-state index in [-0.39, 0.29) is 10.8 Å². The Morgan fingerprint density at radius 2 is 2.05 bits per heavy atom. The van der Waals surface area contributed by atoms with Crippen LogP contribution in [-0.4, -0.2) is 22.1 Å². The van der Waals surface area contributed by atoms with E-state index in [4.69, 9.17) is 16.3 Å². The number of rotatable bonds is 6. The summed E-state index contributed by atoms with van der Waals surface area (Å²) >= 11 is 7.26. The molecule has 0 amide bonds. The highest BCUT2D eigenvalue weighted by Gasteiger charge is 2.19. The molecule has 1 heterocycles. The normalized spacial score (nSPS) is 13.3. The summed E-state index contributed by atoms with van der Waals surface area (Å²) in [6, 6.07) is 10.5. The molecular weight excluding hydrogens is 318 g/mol. The molecule has 7 heteroatoms. The zero-order valence-electron chi connectivity index (χ0n) is 10.7. The molecule has 0 fully saturated rings. The summed E-state index contributed by atoms with van der Waals surface area (Å²) in [7, 11) is -1.98. The van der Waals surface area contributed by atoms with E-state index in [1.165, 1.54) is 18.4 Å². The van der Waals surface area contributed by atoms with Crippen molar-refractivity contribution in [3.63, 3.8) is 0 Å². The van der Waals surface area contributed by atoms with Gasteiger partial charge in [0, 0.05) is 24.2 Å².